The number of benzene rings is 1. The van der Waals surface area contributed by atoms with E-state index in [1.165, 1.54) is 0 Å². The maximum absolute atomic E-state index is 12.9. The standard InChI is InChI=1S/C18H18N4O/c1-13(2)22(12-14-4-3-7-19-11-14)18(23)15-5-6-16-17(10-15)21-9-8-20-16/h3-11,13H,12H2,1-2H3. The average molecular weight is 306 g/mol. The molecule has 2 aromatic heterocycles. The fourth-order valence-corrected chi connectivity index (χ4v) is 2.44. The van der Waals surface area contributed by atoms with Gasteiger partial charge in [0.05, 0.1) is 11.0 Å². The Hall–Kier alpha value is -2.82. The minimum atomic E-state index is -0.0172. The minimum absolute atomic E-state index is 0.0172. The summed E-state index contributed by atoms with van der Waals surface area (Å²) in [5.74, 6) is -0.0172. The molecule has 0 saturated carbocycles. The molecule has 1 amide bonds. The summed E-state index contributed by atoms with van der Waals surface area (Å²) in [6.45, 7) is 4.55. The zero-order valence-corrected chi connectivity index (χ0v) is 13.2. The highest BCUT2D eigenvalue weighted by atomic mass is 16.2. The Labute approximate surface area is 135 Å². The molecule has 0 fully saturated rings. The second-order valence-electron chi connectivity index (χ2n) is 5.65. The molecular formula is C18H18N4O. The van der Waals surface area contributed by atoms with Crippen LogP contribution in [0.1, 0.15) is 29.8 Å². The molecule has 0 N–H and O–H groups in total. The van der Waals surface area contributed by atoms with Crippen LogP contribution in [0.25, 0.3) is 11.0 Å². The predicted molar refractivity (Wildman–Crippen MR) is 88.8 cm³/mol. The highest BCUT2D eigenvalue weighted by Gasteiger charge is 2.19. The van der Waals surface area contributed by atoms with Gasteiger partial charge < -0.3 is 4.90 Å². The lowest BCUT2D eigenvalue weighted by molar-refractivity contribution is 0.0690. The number of pyridine rings is 1. The number of amides is 1. The maximum Gasteiger partial charge on any atom is 0.254 e. The van der Waals surface area contributed by atoms with Crippen LogP contribution in [0.2, 0.25) is 0 Å². The van der Waals surface area contributed by atoms with E-state index in [0.29, 0.717) is 12.1 Å². The molecule has 0 spiro atoms. The lowest BCUT2D eigenvalue weighted by atomic mass is 10.1. The first kappa shape index (κ1) is 15.1. The molecule has 5 nitrogen and oxygen atoms in total. The summed E-state index contributed by atoms with van der Waals surface area (Å²) in [6.07, 6.45) is 6.79. The van der Waals surface area contributed by atoms with Crippen LogP contribution < -0.4 is 0 Å². The minimum Gasteiger partial charge on any atom is -0.332 e. The van der Waals surface area contributed by atoms with E-state index in [4.69, 9.17) is 0 Å². The number of hydrogen-bond acceptors (Lipinski definition) is 4. The molecule has 1 aromatic carbocycles. The van der Waals surface area contributed by atoms with Crippen LogP contribution in [-0.4, -0.2) is 31.8 Å². The van der Waals surface area contributed by atoms with E-state index in [1.54, 1.807) is 36.9 Å². The zero-order chi connectivity index (χ0) is 16.2. The molecule has 5 heteroatoms. The van der Waals surface area contributed by atoms with Gasteiger partial charge in [-0.25, -0.2) is 0 Å². The fourth-order valence-electron chi connectivity index (χ4n) is 2.44. The van der Waals surface area contributed by atoms with E-state index in [2.05, 4.69) is 15.0 Å². The molecule has 0 aliphatic carbocycles. The average Bonchev–Trinajstić information content (AvgIpc) is 2.59. The first-order valence-electron chi connectivity index (χ1n) is 7.56. The molecule has 116 valence electrons. The largest absolute Gasteiger partial charge is 0.332 e. The van der Waals surface area contributed by atoms with E-state index in [1.807, 2.05) is 36.9 Å². The van der Waals surface area contributed by atoms with Crippen molar-refractivity contribution >= 4 is 16.9 Å². The Balaban J connectivity index is 1.90. The van der Waals surface area contributed by atoms with Gasteiger partial charge in [-0.2, -0.15) is 0 Å². The van der Waals surface area contributed by atoms with Crippen molar-refractivity contribution in [2.75, 3.05) is 0 Å². The van der Waals surface area contributed by atoms with Gasteiger partial charge in [0.1, 0.15) is 0 Å². The second kappa shape index (κ2) is 6.52. The molecule has 0 saturated heterocycles. The summed E-state index contributed by atoms with van der Waals surface area (Å²) in [7, 11) is 0. The quantitative estimate of drug-likeness (QED) is 0.743. The summed E-state index contributed by atoms with van der Waals surface area (Å²) in [5.41, 5.74) is 3.14. The van der Waals surface area contributed by atoms with Crippen LogP contribution in [0, 0.1) is 0 Å². The topological polar surface area (TPSA) is 59.0 Å². The van der Waals surface area contributed by atoms with E-state index < -0.39 is 0 Å². The Morgan fingerprint density at radius 3 is 2.57 bits per heavy atom. The summed E-state index contributed by atoms with van der Waals surface area (Å²) in [4.78, 5) is 27.3. The van der Waals surface area contributed by atoms with Crippen molar-refractivity contribution in [2.45, 2.75) is 26.4 Å². The van der Waals surface area contributed by atoms with E-state index in [0.717, 1.165) is 16.6 Å². The normalized spacial score (nSPS) is 10.9. The molecular weight excluding hydrogens is 288 g/mol. The SMILES string of the molecule is CC(C)N(Cc1cccnc1)C(=O)c1ccc2nccnc2c1. The van der Waals surface area contributed by atoms with E-state index >= 15 is 0 Å². The summed E-state index contributed by atoms with van der Waals surface area (Å²) in [6, 6.07) is 9.37. The van der Waals surface area contributed by atoms with Gasteiger partial charge in [0.15, 0.2) is 0 Å². The van der Waals surface area contributed by atoms with Crippen LogP contribution in [0.4, 0.5) is 0 Å². The number of carbonyl (C=O) groups is 1. The van der Waals surface area contributed by atoms with Crippen molar-refractivity contribution in [1.29, 1.82) is 0 Å². The van der Waals surface area contributed by atoms with Gasteiger partial charge >= 0.3 is 0 Å². The Morgan fingerprint density at radius 2 is 1.87 bits per heavy atom. The lowest BCUT2D eigenvalue weighted by Gasteiger charge is -2.27. The van der Waals surface area contributed by atoms with Crippen molar-refractivity contribution in [3.05, 3.63) is 66.2 Å². The molecule has 0 radical (unpaired) electrons. The van der Waals surface area contributed by atoms with E-state index in [-0.39, 0.29) is 11.9 Å². The van der Waals surface area contributed by atoms with Gasteiger partial charge in [0, 0.05) is 42.9 Å². The summed E-state index contributed by atoms with van der Waals surface area (Å²) >= 11 is 0. The van der Waals surface area contributed by atoms with Crippen LogP contribution >= 0.6 is 0 Å². The highest BCUT2D eigenvalue weighted by molar-refractivity contribution is 5.97. The molecule has 23 heavy (non-hydrogen) atoms. The van der Waals surface area contributed by atoms with Crippen molar-refractivity contribution in [2.24, 2.45) is 0 Å². The zero-order valence-electron chi connectivity index (χ0n) is 13.2. The van der Waals surface area contributed by atoms with Crippen molar-refractivity contribution in [3.63, 3.8) is 0 Å². The third-order valence-corrected chi connectivity index (χ3v) is 3.68. The smallest absolute Gasteiger partial charge is 0.254 e. The molecule has 0 aliphatic heterocycles. The maximum atomic E-state index is 12.9. The van der Waals surface area contributed by atoms with E-state index in [9.17, 15) is 4.79 Å². The first-order chi connectivity index (χ1) is 11.1. The monoisotopic (exact) mass is 306 g/mol. The highest BCUT2D eigenvalue weighted by Crippen LogP contribution is 2.16. The Kier molecular flexibility index (Phi) is 4.28. The number of carbonyl (C=O) groups excluding carboxylic acids is 1. The summed E-state index contributed by atoms with van der Waals surface area (Å²) in [5, 5.41) is 0. The fraction of sp³-hybridized carbons (Fsp3) is 0.222. The lowest BCUT2D eigenvalue weighted by Crippen LogP contribution is -2.36. The van der Waals surface area contributed by atoms with Gasteiger partial charge in [-0.3, -0.25) is 19.7 Å². The number of aromatic nitrogens is 3. The van der Waals surface area contributed by atoms with Crippen molar-refractivity contribution in [1.82, 2.24) is 19.9 Å². The van der Waals surface area contributed by atoms with Crippen LogP contribution in [0.3, 0.4) is 0 Å². The Morgan fingerprint density at radius 1 is 1.09 bits per heavy atom. The molecule has 0 aliphatic rings. The molecule has 2 heterocycles. The number of fused-ring (bicyclic) bond motifs is 1. The molecule has 0 atom stereocenters. The number of nitrogens with zero attached hydrogens (tertiary/aromatic N) is 4. The Bertz CT molecular complexity index is 817. The third-order valence-electron chi connectivity index (χ3n) is 3.68. The molecule has 3 aromatic rings. The number of hydrogen-bond donors (Lipinski definition) is 0. The predicted octanol–water partition coefficient (Wildman–Crippen LogP) is 3.08. The van der Waals surface area contributed by atoms with Gasteiger partial charge in [0.2, 0.25) is 0 Å². The van der Waals surface area contributed by atoms with Crippen LogP contribution in [-0.2, 0) is 6.54 Å². The molecule has 0 bridgehead atoms. The van der Waals surface area contributed by atoms with Gasteiger partial charge in [-0.1, -0.05) is 6.07 Å². The van der Waals surface area contributed by atoms with Gasteiger partial charge in [-0.05, 0) is 43.7 Å². The molecule has 3 rings (SSSR count). The van der Waals surface area contributed by atoms with Crippen LogP contribution in [0.5, 0.6) is 0 Å². The molecule has 0 unspecified atom stereocenters. The van der Waals surface area contributed by atoms with Gasteiger partial charge in [0.25, 0.3) is 5.91 Å². The number of rotatable bonds is 4. The van der Waals surface area contributed by atoms with Gasteiger partial charge in [-0.15, -0.1) is 0 Å². The van der Waals surface area contributed by atoms with Crippen molar-refractivity contribution < 1.29 is 4.79 Å². The van der Waals surface area contributed by atoms with Crippen LogP contribution in [0.15, 0.2) is 55.1 Å². The second-order valence-corrected chi connectivity index (χ2v) is 5.65. The van der Waals surface area contributed by atoms with Crippen molar-refractivity contribution in [3.8, 4) is 0 Å². The first-order valence-corrected chi connectivity index (χ1v) is 7.56. The summed E-state index contributed by atoms with van der Waals surface area (Å²) < 4.78 is 0. The third kappa shape index (κ3) is 3.34.